The van der Waals surface area contributed by atoms with Crippen LogP contribution >= 0.6 is 0 Å². The van der Waals surface area contributed by atoms with Crippen molar-refractivity contribution in [2.45, 2.75) is 13.8 Å². The fourth-order valence-electron chi connectivity index (χ4n) is 1.24. The van der Waals surface area contributed by atoms with Crippen LogP contribution in [0, 0.1) is 24.0 Å². The highest BCUT2D eigenvalue weighted by atomic mass is 16.6. The van der Waals surface area contributed by atoms with Gasteiger partial charge in [0.1, 0.15) is 0 Å². The van der Waals surface area contributed by atoms with E-state index in [0.717, 1.165) is 11.1 Å². The molecule has 14 heavy (non-hydrogen) atoms. The highest BCUT2D eigenvalue weighted by molar-refractivity contribution is 5.98. The summed E-state index contributed by atoms with van der Waals surface area (Å²) in [5, 5.41) is 10.2. The second-order valence-electron chi connectivity index (χ2n) is 3.23. The molecule has 4 heteroatoms. The maximum atomic E-state index is 11.4. The molecule has 0 radical (unpaired) electrons. The largest absolute Gasteiger partial charge is 0.287 e. The van der Waals surface area contributed by atoms with Crippen LogP contribution in [0.2, 0.25) is 0 Å². The van der Waals surface area contributed by atoms with Crippen molar-refractivity contribution < 1.29 is 9.72 Å². The predicted molar refractivity (Wildman–Crippen MR) is 52.1 cm³/mol. The van der Waals surface area contributed by atoms with Crippen molar-refractivity contribution in [2.75, 3.05) is 6.54 Å². The lowest BCUT2D eigenvalue weighted by atomic mass is 10.0. The molecule has 0 aliphatic rings. The van der Waals surface area contributed by atoms with Crippen molar-refractivity contribution in [3.63, 3.8) is 0 Å². The standard InChI is InChI=1S/C10H11NO3/c1-7-3-4-8(2)9(5-7)10(12)6-11(13)14/h3-5H,6H2,1-2H3. The van der Waals surface area contributed by atoms with Gasteiger partial charge in [-0.05, 0) is 25.5 Å². The average molecular weight is 193 g/mol. The summed E-state index contributed by atoms with van der Waals surface area (Å²) in [6.07, 6.45) is 0. The Morgan fingerprint density at radius 1 is 1.43 bits per heavy atom. The van der Waals surface area contributed by atoms with Gasteiger partial charge in [0.2, 0.25) is 5.78 Å². The molecule has 74 valence electrons. The summed E-state index contributed by atoms with van der Waals surface area (Å²) >= 11 is 0. The van der Waals surface area contributed by atoms with E-state index in [4.69, 9.17) is 0 Å². The fourth-order valence-corrected chi connectivity index (χ4v) is 1.24. The van der Waals surface area contributed by atoms with Crippen LogP contribution in [0.3, 0.4) is 0 Å². The Labute approximate surface area is 81.7 Å². The number of Topliss-reactive ketones (excluding diaryl/α,β-unsaturated/α-hetero) is 1. The van der Waals surface area contributed by atoms with Gasteiger partial charge in [-0.25, -0.2) is 0 Å². The summed E-state index contributed by atoms with van der Waals surface area (Å²) in [5.41, 5.74) is 2.16. The van der Waals surface area contributed by atoms with Gasteiger partial charge in [0.25, 0.3) is 6.54 Å². The van der Waals surface area contributed by atoms with Crippen LogP contribution in [0.4, 0.5) is 0 Å². The van der Waals surface area contributed by atoms with E-state index in [1.54, 1.807) is 19.1 Å². The lowest BCUT2D eigenvalue weighted by Gasteiger charge is -2.02. The molecule has 0 atom stereocenters. The van der Waals surface area contributed by atoms with Gasteiger partial charge in [0.15, 0.2) is 0 Å². The normalized spacial score (nSPS) is 9.86. The first-order valence-electron chi connectivity index (χ1n) is 4.23. The molecule has 0 saturated heterocycles. The number of ketones is 1. The molecule has 0 unspecified atom stereocenters. The van der Waals surface area contributed by atoms with Gasteiger partial charge in [0.05, 0.1) is 0 Å². The zero-order valence-corrected chi connectivity index (χ0v) is 8.11. The summed E-state index contributed by atoms with van der Waals surface area (Å²) in [6.45, 7) is 2.99. The number of hydrogen-bond donors (Lipinski definition) is 0. The van der Waals surface area contributed by atoms with E-state index in [9.17, 15) is 14.9 Å². The minimum absolute atomic E-state index is 0.434. The first kappa shape index (κ1) is 10.4. The van der Waals surface area contributed by atoms with Crippen LogP contribution in [0.1, 0.15) is 21.5 Å². The monoisotopic (exact) mass is 193 g/mol. The maximum Gasteiger partial charge on any atom is 0.265 e. The summed E-state index contributed by atoms with van der Waals surface area (Å²) < 4.78 is 0. The van der Waals surface area contributed by atoms with Crippen LogP contribution < -0.4 is 0 Å². The fraction of sp³-hybridized carbons (Fsp3) is 0.300. The Balaban J connectivity index is 3.00. The van der Waals surface area contributed by atoms with Gasteiger partial charge in [0, 0.05) is 10.5 Å². The third-order valence-corrected chi connectivity index (χ3v) is 1.97. The number of nitrogens with zero attached hydrogens (tertiary/aromatic N) is 1. The van der Waals surface area contributed by atoms with Gasteiger partial charge in [-0.15, -0.1) is 0 Å². The molecular formula is C10H11NO3. The predicted octanol–water partition coefficient (Wildman–Crippen LogP) is 1.76. The number of nitro groups is 1. The quantitative estimate of drug-likeness (QED) is 0.417. The van der Waals surface area contributed by atoms with Crippen molar-refractivity contribution in [3.8, 4) is 0 Å². The van der Waals surface area contributed by atoms with Crippen molar-refractivity contribution >= 4 is 5.78 Å². The summed E-state index contributed by atoms with van der Waals surface area (Å²) in [6, 6.07) is 5.35. The number of benzene rings is 1. The van der Waals surface area contributed by atoms with Gasteiger partial charge >= 0.3 is 0 Å². The van der Waals surface area contributed by atoms with E-state index in [0.29, 0.717) is 5.56 Å². The van der Waals surface area contributed by atoms with Crippen molar-refractivity contribution in [3.05, 3.63) is 45.0 Å². The van der Waals surface area contributed by atoms with Crippen LogP contribution in [0.5, 0.6) is 0 Å². The van der Waals surface area contributed by atoms with E-state index >= 15 is 0 Å². The van der Waals surface area contributed by atoms with Crippen molar-refractivity contribution in [2.24, 2.45) is 0 Å². The molecule has 0 aliphatic carbocycles. The molecule has 1 rings (SSSR count). The van der Waals surface area contributed by atoms with E-state index in [2.05, 4.69) is 0 Å². The molecule has 0 amide bonds. The topological polar surface area (TPSA) is 60.2 Å². The summed E-state index contributed by atoms with van der Waals surface area (Å²) in [4.78, 5) is 20.9. The van der Waals surface area contributed by atoms with Crippen LogP contribution in [0.25, 0.3) is 0 Å². The average Bonchev–Trinajstić information content (AvgIpc) is 2.08. The molecule has 0 spiro atoms. The van der Waals surface area contributed by atoms with Gasteiger partial charge < -0.3 is 0 Å². The number of aryl methyl sites for hydroxylation is 2. The molecule has 0 aromatic heterocycles. The molecule has 0 fully saturated rings. The first-order chi connectivity index (χ1) is 6.50. The summed E-state index contributed by atoms with van der Waals surface area (Å²) in [7, 11) is 0. The minimum Gasteiger partial charge on any atom is -0.287 e. The Morgan fingerprint density at radius 2 is 2.07 bits per heavy atom. The lowest BCUT2D eigenvalue weighted by molar-refractivity contribution is -0.465. The molecular weight excluding hydrogens is 182 g/mol. The third-order valence-electron chi connectivity index (χ3n) is 1.97. The Morgan fingerprint density at radius 3 is 2.64 bits per heavy atom. The van der Waals surface area contributed by atoms with E-state index < -0.39 is 17.3 Å². The highest BCUT2D eigenvalue weighted by Crippen LogP contribution is 2.11. The Hall–Kier alpha value is -1.71. The Kier molecular flexibility index (Phi) is 2.96. The number of carbonyl (C=O) groups excluding carboxylic acids is 1. The highest BCUT2D eigenvalue weighted by Gasteiger charge is 2.14. The number of carbonyl (C=O) groups is 1. The zero-order valence-electron chi connectivity index (χ0n) is 8.11. The molecule has 1 aromatic carbocycles. The molecule has 0 saturated carbocycles. The van der Waals surface area contributed by atoms with Crippen LogP contribution in [0.15, 0.2) is 18.2 Å². The second-order valence-corrected chi connectivity index (χ2v) is 3.23. The number of rotatable bonds is 3. The smallest absolute Gasteiger partial charge is 0.265 e. The van der Waals surface area contributed by atoms with Crippen LogP contribution in [-0.4, -0.2) is 17.3 Å². The zero-order chi connectivity index (χ0) is 10.7. The second kappa shape index (κ2) is 4.00. The van der Waals surface area contributed by atoms with Gasteiger partial charge in [-0.2, -0.15) is 0 Å². The van der Waals surface area contributed by atoms with Crippen molar-refractivity contribution in [1.82, 2.24) is 0 Å². The molecule has 0 aliphatic heterocycles. The molecule has 0 heterocycles. The maximum absolute atomic E-state index is 11.4. The first-order valence-corrected chi connectivity index (χ1v) is 4.23. The third kappa shape index (κ3) is 2.39. The molecule has 4 nitrogen and oxygen atoms in total. The van der Waals surface area contributed by atoms with Gasteiger partial charge in [-0.3, -0.25) is 14.9 Å². The van der Waals surface area contributed by atoms with Crippen molar-refractivity contribution in [1.29, 1.82) is 0 Å². The molecule has 0 N–H and O–H groups in total. The lowest BCUT2D eigenvalue weighted by Crippen LogP contribution is -2.14. The SMILES string of the molecule is Cc1ccc(C)c(C(=O)C[N+](=O)[O-])c1. The number of hydrogen-bond acceptors (Lipinski definition) is 3. The van der Waals surface area contributed by atoms with Crippen LogP contribution in [-0.2, 0) is 0 Å². The minimum atomic E-state index is -0.635. The van der Waals surface area contributed by atoms with E-state index in [1.807, 2.05) is 13.0 Å². The van der Waals surface area contributed by atoms with Gasteiger partial charge in [-0.1, -0.05) is 17.7 Å². The summed E-state index contributed by atoms with van der Waals surface area (Å²) in [5.74, 6) is -0.434. The van der Waals surface area contributed by atoms with E-state index in [-0.39, 0.29) is 0 Å². The Bertz CT molecular complexity index is 385. The molecule has 0 bridgehead atoms. The van der Waals surface area contributed by atoms with E-state index in [1.165, 1.54) is 0 Å². The molecule has 1 aromatic rings.